The van der Waals surface area contributed by atoms with Gasteiger partial charge in [0.05, 0.1) is 19.0 Å². The molecule has 1 heterocycles. The van der Waals surface area contributed by atoms with E-state index in [2.05, 4.69) is 10.6 Å². The molecule has 0 radical (unpaired) electrons. The molecule has 1 saturated heterocycles. The lowest BCUT2D eigenvalue weighted by atomic mass is 10.2. The van der Waals surface area contributed by atoms with E-state index in [4.69, 9.17) is 5.26 Å². The number of likely N-dealkylation sites (N-methyl/N-ethyl adjacent to an activating group) is 1. The van der Waals surface area contributed by atoms with E-state index in [1.165, 1.54) is 0 Å². The van der Waals surface area contributed by atoms with Crippen molar-refractivity contribution in [2.45, 2.75) is 19.4 Å². The second kappa shape index (κ2) is 6.08. The van der Waals surface area contributed by atoms with E-state index in [9.17, 15) is 9.59 Å². The Hall–Kier alpha value is -1.61. The van der Waals surface area contributed by atoms with E-state index in [-0.39, 0.29) is 24.4 Å². The van der Waals surface area contributed by atoms with Crippen LogP contribution in [0.5, 0.6) is 0 Å². The Balaban J connectivity index is 2.48. The molecule has 2 N–H and O–H groups in total. The van der Waals surface area contributed by atoms with Crippen molar-refractivity contribution in [1.29, 1.82) is 5.26 Å². The van der Waals surface area contributed by atoms with Crippen LogP contribution in [0.2, 0.25) is 0 Å². The Morgan fingerprint density at radius 1 is 1.69 bits per heavy atom. The fourth-order valence-corrected chi connectivity index (χ4v) is 1.57. The van der Waals surface area contributed by atoms with Gasteiger partial charge in [-0.15, -0.1) is 0 Å². The number of hydrogen-bond acceptors (Lipinski definition) is 4. The van der Waals surface area contributed by atoms with E-state index in [1.807, 2.05) is 13.0 Å². The van der Waals surface area contributed by atoms with Gasteiger partial charge in [0.1, 0.15) is 6.04 Å². The summed E-state index contributed by atoms with van der Waals surface area (Å²) in [5.41, 5.74) is 0. The van der Waals surface area contributed by atoms with Crippen LogP contribution in [0.25, 0.3) is 0 Å². The zero-order chi connectivity index (χ0) is 12.0. The van der Waals surface area contributed by atoms with Crippen LogP contribution in [-0.4, -0.2) is 48.9 Å². The first kappa shape index (κ1) is 12.5. The quantitative estimate of drug-likeness (QED) is 0.630. The second-order valence-corrected chi connectivity index (χ2v) is 3.56. The molecule has 16 heavy (non-hydrogen) atoms. The second-order valence-electron chi connectivity index (χ2n) is 3.56. The highest BCUT2D eigenvalue weighted by Crippen LogP contribution is 1.99. The smallest absolute Gasteiger partial charge is 0.241 e. The van der Waals surface area contributed by atoms with Gasteiger partial charge in [-0.1, -0.05) is 0 Å². The van der Waals surface area contributed by atoms with Crippen molar-refractivity contribution in [3.05, 3.63) is 0 Å². The lowest BCUT2D eigenvalue weighted by Crippen LogP contribution is -2.58. The Kier molecular flexibility index (Phi) is 4.73. The van der Waals surface area contributed by atoms with Crippen LogP contribution in [0.4, 0.5) is 0 Å². The van der Waals surface area contributed by atoms with E-state index >= 15 is 0 Å². The van der Waals surface area contributed by atoms with Gasteiger partial charge in [0.2, 0.25) is 11.8 Å². The van der Waals surface area contributed by atoms with Gasteiger partial charge in [-0.05, 0) is 6.92 Å². The number of piperazine rings is 1. The van der Waals surface area contributed by atoms with E-state index in [1.54, 1.807) is 4.90 Å². The summed E-state index contributed by atoms with van der Waals surface area (Å²) in [6, 6.07) is 1.65. The molecule has 2 amide bonds. The van der Waals surface area contributed by atoms with Gasteiger partial charge in [-0.25, -0.2) is 0 Å². The molecule has 6 heteroatoms. The van der Waals surface area contributed by atoms with Crippen LogP contribution < -0.4 is 10.6 Å². The molecule has 1 rings (SSSR count). The summed E-state index contributed by atoms with van der Waals surface area (Å²) < 4.78 is 0. The van der Waals surface area contributed by atoms with Crippen molar-refractivity contribution in [3.63, 3.8) is 0 Å². The number of hydrogen-bond donors (Lipinski definition) is 2. The lowest BCUT2D eigenvalue weighted by Gasteiger charge is -2.28. The number of carbonyl (C=O) groups excluding carboxylic acids is 2. The van der Waals surface area contributed by atoms with Gasteiger partial charge < -0.3 is 10.2 Å². The molecule has 0 aromatic rings. The fraction of sp³-hybridized carbons (Fsp3) is 0.700. The molecule has 0 aliphatic carbocycles. The maximum atomic E-state index is 11.9. The molecular weight excluding hydrogens is 208 g/mol. The summed E-state index contributed by atoms with van der Waals surface area (Å²) in [4.78, 5) is 24.5. The Bertz CT molecular complexity index is 300. The van der Waals surface area contributed by atoms with Crippen LogP contribution in [-0.2, 0) is 9.59 Å². The van der Waals surface area contributed by atoms with Gasteiger partial charge in [0.25, 0.3) is 0 Å². The largest absolute Gasteiger partial charge is 0.353 e. The van der Waals surface area contributed by atoms with Crippen molar-refractivity contribution in [3.8, 4) is 6.07 Å². The van der Waals surface area contributed by atoms with Crippen LogP contribution in [0.15, 0.2) is 0 Å². The van der Waals surface area contributed by atoms with E-state index in [0.717, 1.165) is 0 Å². The van der Waals surface area contributed by atoms with Crippen LogP contribution in [0.1, 0.15) is 13.3 Å². The van der Waals surface area contributed by atoms with Crippen LogP contribution >= 0.6 is 0 Å². The number of amides is 2. The summed E-state index contributed by atoms with van der Waals surface area (Å²) in [5, 5.41) is 14.0. The molecule has 1 fully saturated rings. The molecule has 1 unspecified atom stereocenters. The average molecular weight is 224 g/mol. The van der Waals surface area contributed by atoms with E-state index < -0.39 is 0 Å². The minimum Gasteiger partial charge on any atom is -0.353 e. The lowest BCUT2D eigenvalue weighted by molar-refractivity contribution is -0.134. The molecule has 0 spiro atoms. The van der Waals surface area contributed by atoms with Crippen LogP contribution in [0, 0.1) is 11.3 Å². The molecule has 0 aromatic heterocycles. The van der Waals surface area contributed by atoms with Crippen molar-refractivity contribution in [1.82, 2.24) is 15.5 Å². The maximum Gasteiger partial charge on any atom is 0.241 e. The zero-order valence-electron chi connectivity index (χ0n) is 9.32. The molecule has 0 bridgehead atoms. The molecule has 0 saturated carbocycles. The third-order valence-corrected chi connectivity index (χ3v) is 2.50. The number of nitrogens with one attached hydrogen (secondary N) is 2. The topological polar surface area (TPSA) is 85.2 Å². The zero-order valence-corrected chi connectivity index (χ0v) is 9.32. The highest BCUT2D eigenvalue weighted by atomic mass is 16.2. The van der Waals surface area contributed by atoms with Crippen molar-refractivity contribution < 1.29 is 9.59 Å². The third kappa shape index (κ3) is 3.21. The molecule has 88 valence electrons. The predicted octanol–water partition coefficient (Wildman–Crippen LogP) is -1.16. The number of nitrogens with zero attached hydrogens (tertiary/aromatic N) is 2. The molecule has 6 nitrogen and oxygen atoms in total. The minimum atomic E-state index is -0.364. The number of nitriles is 1. The molecule has 1 aliphatic rings. The van der Waals surface area contributed by atoms with Gasteiger partial charge in [0, 0.05) is 19.6 Å². The van der Waals surface area contributed by atoms with Gasteiger partial charge >= 0.3 is 0 Å². The Morgan fingerprint density at radius 2 is 2.44 bits per heavy atom. The average Bonchev–Trinajstić information content (AvgIpc) is 2.30. The SMILES string of the molecule is CCN(CCC#N)C(=O)C1CNC(=O)CN1. The minimum absolute atomic E-state index is 0.0576. The Morgan fingerprint density at radius 3 is 2.94 bits per heavy atom. The van der Waals surface area contributed by atoms with Gasteiger partial charge in [-0.3, -0.25) is 14.9 Å². The van der Waals surface area contributed by atoms with Crippen LogP contribution in [0.3, 0.4) is 0 Å². The van der Waals surface area contributed by atoms with Crippen molar-refractivity contribution in [2.75, 3.05) is 26.2 Å². The third-order valence-electron chi connectivity index (χ3n) is 2.50. The first-order chi connectivity index (χ1) is 7.69. The monoisotopic (exact) mass is 224 g/mol. The first-order valence-corrected chi connectivity index (χ1v) is 5.34. The fourth-order valence-electron chi connectivity index (χ4n) is 1.57. The summed E-state index contributed by atoms with van der Waals surface area (Å²) in [6.07, 6.45) is 0.332. The highest BCUT2D eigenvalue weighted by molar-refractivity contribution is 5.86. The Labute approximate surface area is 94.6 Å². The van der Waals surface area contributed by atoms with Crippen molar-refractivity contribution in [2.24, 2.45) is 0 Å². The van der Waals surface area contributed by atoms with E-state index in [0.29, 0.717) is 26.1 Å². The summed E-state index contributed by atoms with van der Waals surface area (Å²) in [5.74, 6) is -0.151. The molecular formula is C10H16N4O2. The predicted molar refractivity (Wildman–Crippen MR) is 57.3 cm³/mol. The summed E-state index contributed by atoms with van der Waals surface area (Å²) in [7, 11) is 0. The standard InChI is InChI=1S/C10H16N4O2/c1-2-14(5-3-4-11)10(16)8-6-13-9(15)7-12-8/h8,12H,2-3,5-7H2,1H3,(H,13,15). The summed E-state index contributed by atoms with van der Waals surface area (Å²) >= 11 is 0. The molecule has 0 aromatic carbocycles. The number of rotatable bonds is 4. The summed E-state index contributed by atoms with van der Waals surface area (Å²) in [6.45, 7) is 3.38. The molecule has 1 aliphatic heterocycles. The van der Waals surface area contributed by atoms with Gasteiger partial charge in [0.15, 0.2) is 0 Å². The molecule has 1 atom stereocenters. The normalized spacial score (nSPS) is 19.8. The highest BCUT2D eigenvalue weighted by Gasteiger charge is 2.26. The van der Waals surface area contributed by atoms with Gasteiger partial charge in [-0.2, -0.15) is 5.26 Å². The maximum absolute atomic E-state index is 11.9. The van der Waals surface area contributed by atoms with Crippen molar-refractivity contribution >= 4 is 11.8 Å². The number of carbonyl (C=O) groups is 2. The first-order valence-electron chi connectivity index (χ1n) is 5.34.